The van der Waals surface area contributed by atoms with E-state index in [4.69, 9.17) is 0 Å². The van der Waals surface area contributed by atoms with E-state index in [9.17, 15) is 0 Å². The number of thiophene rings is 6. The minimum atomic E-state index is 1.20. The van der Waals surface area contributed by atoms with Crippen LogP contribution in [-0.2, 0) is 38.5 Å². The molecule has 0 radical (unpaired) electrons. The molecule has 0 aliphatic heterocycles. The van der Waals surface area contributed by atoms with Gasteiger partial charge in [-0.2, -0.15) is 0 Å². The van der Waals surface area contributed by atoms with Crippen molar-refractivity contribution >= 4 is 68.0 Å². The van der Waals surface area contributed by atoms with Crippen molar-refractivity contribution in [3.05, 3.63) is 80.5 Å². The van der Waals surface area contributed by atoms with E-state index in [1.807, 2.05) is 22.7 Å². The molecule has 6 heteroatoms. The van der Waals surface area contributed by atoms with E-state index < -0.39 is 0 Å². The molecule has 0 saturated carbocycles. The zero-order valence-electron chi connectivity index (χ0n) is 50.8. The monoisotopic (exact) mass is 1170 g/mol. The Kier molecular flexibility index (Phi) is 33.2. The van der Waals surface area contributed by atoms with Gasteiger partial charge in [-0.15, -0.1) is 68.0 Å². The zero-order valence-corrected chi connectivity index (χ0v) is 55.7. The van der Waals surface area contributed by atoms with Crippen molar-refractivity contribution in [1.29, 1.82) is 0 Å². The van der Waals surface area contributed by atoms with Gasteiger partial charge in [0.05, 0.1) is 0 Å². The summed E-state index contributed by atoms with van der Waals surface area (Å²) in [4.78, 5) is 15.6. The van der Waals surface area contributed by atoms with Crippen LogP contribution < -0.4 is 0 Å². The Morgan fingerprint density at radius 2 is 0.513 bits per heavy atom. The van der Waals surface area contributed by atoms with Crippen molar-refractivity contribution in [2.24, 2.45) is 0 Å². The maximum Gasteiger partial charge on any atom is 0.0481 e. The number of hydrogen-bond donors (Lipinski definition) is 0. The van der Waals surface area contributed by atoms with Crippen LogP contribution >= 0.6 is 68.0 Å². The lowest BCUT2D eigenvalue weighted by Gasteiger charge is -2.03. The third-order valence-corrected chi connectivity index (χ3v) is 24.1. The van der Waals surface area contributed by atoms with E-state index in [1.54, 1.807) is 72.4 Å². The molecule has 0 aliphatic rings. The van der Waals surface area contributed by atoms with Gasteiger partial charge >= 0.3 is 0 Å². The molecular weight excluding hydrogens is 1060 g/mol. The van der Waals surface area contributed by atoms with E-state index in [1.165, 1.54) is 279 Å². The van der Waals surface area contributed by atoms with Crippen LogP contribution in [0.25, 0.3) is 48.8 Å². The summed E-state index contributed by atoms with van der Waals surface area (Å²) in [6, 6.07) is 15.9. The number of rotatable bonds is 47. The van der Waals surface area contributed by atoms with Gasteiger partial charge in [-0.3, -0.25) is 0 Å². The first-order chi connectivity index (χ1) is 38.5. The van der Waals surface area contributed by atoms with Gasteiger partial charge in [-0.25, -0.2) is 0 Å². The second-order valence-electron chi connectivity index (χ2n) is 23.6. The fourth-order valence-electron chi connectivity index (χ4n) is 11.7. The molecule has 0 spiro atoms. The van der Waals surface area contributed by atoms with Gasteiger partial charge in [0.25, 0.3) is 0 Å². The van der Waals surface area contributed by atoms with Gasteiger partial charge < -0.3 is 0 Å². The van der Waals surface area contributed by atoms with Crippen molar-refractivity contribution in [3.63, 3.8) is 0 Å². The lowest BCUT2D eigenvalue weighted by atomic mass is 10.0. The topological polar surface area (TPSA) is 0 Å². The molecule has 6 heterocycles. The summed E-state index contributed by atoms with van der Waals surface area (Å²) in [6.45, 7) is 14.1. The Balaban J connectivity index is 1.38. The van der Waals surface area contributed by atoms with Crippen LogP contribution in [0, 0.1) is 0 Å². The molecule has 434 valence electrons. The summed E-state index contributed by atoms with van der Waals surface area (Å²) in [6.07, 6.45) is 56.0. The highest BCUT2D eigenvalue weighted by Crippen LogP contribution is 2.52. The molecule has 0 bridgehead atoms. The molecule has 0 aromatic carbocycles. The van der Waals surface area contributed by atoms with Crippen LogP contribution in [0.15, 0.2) is 47.2 Å². The van der Waals surface area contributed by atoms with Crippen LogP contribution in [0.4, 0.5) is 0 Å². The Hall–Kier alpha value is -1.80. The van der Waals surface area contributed by atoms with Crippen molar-refractivity contribution in [2.45, 2.75) is 311 Å². The predicted molar refractivity (Wildman–Crippen MR) is 363 cm³/mol. The Morgan fingerprint density at radius 1 is 0.244 bits per heavy atom. The third-order valence-electron chi connectivity index (χ3n) is 16.6. The Bertz CT molecular complexity index is 2440. The molecule has 6 aromatic heterocycles. The van der Waals surface area contributed by atoms with Gasteiger partial charge in [0, 0.05) is 48.8 Å². The molecule has 0 fully saturated rings. The maximum absolute atomic E-state index is 2.72. The van der Waals surface area contributed by atoms with Gasteiger partial charge in [-0.1, -0.05) is 234 Å². The summed E-state index contributed by atoms with van der Waals surface area (Å²) in [5, 5.41) is 4.89. The second kappa shape index (κ2) is 39.6. The average Bonchev–Trinajstić information content (AvgIpc) is 4.34. The van der Waals surface area contributed by atoms with Crippen LogP contribution in [0.1, 0.15) is 306 Å². The zero-order chi connectivity index (χ0) is 54.8. The van der Waals surface area contributed by atoms with E-state index in [0.29, 0.717) is 0 Å². The van der Waals surface area contributed by atoms with E-state index in [-0.39, 0.29) is 0 Å². The minimum Gasteiger partial charge on any atom is -0.143 e. The summed E-state index contributed by atoms with van der Waals surface area (Å²) in [7, 11) is 0. The summed E-state index contributed by atoms with van der Waals surface area (Å²) in [5.74, 6) is 0. The number of aryl methyl sites for hydroxylation is 6. The van der Waals surface area contributed by atoms with Gasteiger partial charge in [0.1, 0.15) is 0 Å². The van der Waals surface area contributed by atoms with Crippen LogP contribution in [0.5, 0.6) is 0 Å². The molecule has 0 unspecified atom stereocenters. The molecule has 78 heavy (non-hydrogen) atoms. The normalized spacial score (nSPS) is 11.8. The van der Waals surface area contributed by atoms with Crippen LogP contribution in [0.2, 0.25) is 0 Å². The summed E-state index contributed by atoms with van der Waals surface area (Å²) >= 11 is 12.6. The highest BCUT2D eigenvalue weighted by Gasteiger charge is 2.24. The average molecular weight is 1170 g/mol. The number of hydrogen-bond acceptors (Lipinski definition) is 6. The van der Waals surface area contributed by atoms with Crippen molar-refractivity contribution in [2.75, 3.05) is 0 Å². The lowest BCUT2D eigenvalue weighted by Crippen LogP contribution is -1.88. The fraction of sp³-hybridized carbons (Fsp3) is 0.667. The summed E-state index contributed by atoms with van der Waals surface area (Å²) in [5.41, 5.74) is 9.64. The molecule has 0 saturated heterocycles. The fourth-order valence-corrected chi connectivity index (χ4v) is 19.2. The first kappa shape index (κ1) is 65.4. The van der Waals surface area contributed by atoms with Crippen molar-refractivity contribution in [1.82, 2.24) is 0 Å². The Morgan fingerprint density at radius 3 is 0.846 bits per heavy atom. The van der Waals surface area contributed by atoms with E-state index >= 15 is 0 Å². The first-order valence-electron chi connectivity index (χ1n) is 33.2. The summed E-state index contributed by atoms with van der Waals surface area (Å²) < 4.78 is 0. The van der Waals surface area contributed by atoms with E-state index in [0.717, 1.165) is 0 Å². The standard InChI is InChI=1S/C72H110S6/c1-7-13-19-25-31-37-43-57-51-63(74-56-57)69-59(45-39-33-27-21-15-9-3)53-65(76-69)71-61(47-41-35-29-23-17-11-5)55-67(78-71)72-62(48-42-36-30-24-18-12-6)54-66(77-72)70-60(46-40-34-28-22-16-10-4)52-64(75-70)68-58(49-50-73-68)44-38-32-26-20-14-8-2/h49-56H,7-48H2,1-6H3. The quantitative estimate of drug-likeness (QED) is 0.0334. The molecular formula is C72H110S6. The van der Waals surface area contributed by atoms with E-state index in [2.05, 4.69) is 134 Å². The third kappa shape index (κ3) is 22.4. The second-order valence-corrected chi connectivity index (χ2v) is 29.6. The largest absolute Gasteiger partial charge is 0.143 e. The van der Waals surface area contributed by atoms with Crippen LogP contribution in [-0.4, -0.2) is 0 Å². The smallest absolute Gasteiger partial charge is 0.0481 e. The molecule has 6 aromatic rings. The Labute approximate surface area is 504 Å². The maximum atomic E-state index is 2.72. The molecule has 0 aliphatic carbocycles. The molecule has 0 atom stereocenters. The minimum absolute atomic E-state index is 1.20. The molecule has 6 rings (SSSR count). The SMILES string of the molecule is CCCCCCCCc1csc(-c2sc(-c3sc(-c4sc(-c5sc(-c6sccc6CCCCCCCC)cc5CCCCCCCC)cc4CCCCCCCC)cc3CCCCCCCC)cc2CCCCCCCC)c1. The number of unbranched alkanes of at least 4 members (excludes halogenated alkanes) is 30. The van der Waals surface area contributed by atoms with Gasteiger partial charge in [0.2, 0.25) is 0 Å². The first-order valence-corrected chi connectivity index (χ1v) is 38.2. The highest BCUT2D eigenvalue weighted by atomic mass is 32.1. The highest BCUT2D eigenvalue weighted by molar-refractivity contribution is 7.30. The van der Waals surface area contributed by atoms with Gasteiger partial charge in [-0.05, 0) is 158 Å². The lowest BCUT2D eigenvalue weighted by molar-refractivity contribution is 0.607. The molecule has 0 nitrogen and oxygen atoms in total. The molecule has 0 N–H and O–H groups in total. The van der Waals surface area contributed by atoms with Gasteiger partial charge in [0.15, 0.2) is 0 Å². The molecule has 0 amide bonds. The van der Waals surface area contributed by atoms with Crippen molar-refractivity contribution in [3.8, 4) is 48.8 Å². The van der Waals surface area contributed by atoms with Crippen molar-refractivity contribution < 1.29 is 0 Å². The predicted octanol–water partition coefficient (Wildman–Crippen LogP) is 27.8. The van der Waals surface area contributed by atoms with Crippen LogP contribution in [0.3, 0.4) is 0 Å².